The highest BCUT2D eigenvalue weighted by molar-refractivity contribution is 6.21. The summed E-state index contributed by atoms with van der Waals surface area (Å²) in [6.45, 7) is 2.58. The zero-order chi connectivity index (χ0) is 18.1. The van der Waals surface area contributed by atoms with Gasteiger partial charge in [-0.15, -0.1) is 0 Å². The number of carbonyl (C=O) groups excluding carboxylic acids is 2. The molecule has 1 aromatic carbocycles. The van der Waals surface area contributed by atoms with Gasteiger partial charge in [0.1, 0.15) is 12.6 Å². The molecule has 3 amide bonds. The first-order valence-corrected chi connectivity index (χ1v) is 8.09. The van der Waals surface area contributed by atoms with Crippen LogP contribution in [-0.2, 0) is 4.79 Å². The van der Waals surface area contributed by atoms with E-state index in [9.17, 15) is 14.7 Å². The molecular weight excluding hydrogens is 322 g/mol. The summed E-state index contributed by atoms with van der Waals surface area (Å²) in [6, 6.07) is 6.81. The van der Waals surface area contributed by atoms with E-state index in [0.29, 0.717) is 12.4 Å². The van der Waals surface area contributed by atoms with Gasteiger partial charge in [0, 0.05) is 26.3 Å². The van der Waals surface area contributed by atoms with Crippen LogP contribution in [0.25, 0.3) is 0 Å². The fraction of sp³-hybridized carbons (Fsp3) is 0.412. The number of aliphatic imine (C=N–C) groups is 1. The molecule has 8 nitrogen and oxygen atoms in total. The lowest BCUT2D eigenvalue weighted by Gasteiger charge is -2.31. The highest BCUT2D eigenvalue weighted by Gasteiger charge is 2.50. The number of aliphatic hydroxyl groups excluding tert-OH is 1. The Hall–Kier alpha value is -2.74. The van der Waals surface area contributed by atoms with Crippen LogP contribution in [0.1, 0.15) is 5.56 Å². The maximum Gasteiger partial charge on any atom is 0.333 e. The predicted octanol–water partition coefficient (Wildman–Crippen LogP) is 0.113. The average molecular weight is 344 g/mol. The van der Waals surface area contributed by atoms with Gasteiger partial charge in [0.2, 0.25) is 0 Å². The van der Waals surface area contributed by atoms with E-state index in [0.717, 1.165) is 16.2 Å². The summed E-state index contributed by atoms with van der Waals surface area (Å²) >= 11 is 0. The molecule has 2 aliphatic rings. The highest BCUT2D eigenvalue weighted by Crippen LogP contribution is 2.17. The van der Waals surface area contributed by atoms with Gasteiger partial charge in [-0.3, -0.25) is 14.6 Å². The van der Waals surface area contributed by atoms with E-state index in [2.05, 4.69) is 10.3 Å². The van der Waals surface area contributed by atoms with Crippen molar-refractivity contribution in [2.45, 2.75) is 19.1 Å². The average Bonchev–Trinajstić information content (AvgIpc) is 3.00. The van der Waals surface area contributed by atoms with Gasteiger partial charge < -0.3 is 10.4 Å². The Morgan fingerprint density at radius 1 is 1.32 bits per heavy atom. The summed E-state index contributed by atoms with van der Waals surface area (Å²) in [5.41, 5.74) is 2.06. The Morgan fingerprint density at radius 2 is 2.08 bits per heavy atom. The lowest BCUT2D eigenvalue weighted by molar-refractivity contribution is -0.539. The molecule has 0 saturated carbocycles. The topological polar surface area (TPSA) is 88.2 Å². The van der Waals surface area contributed by atoms with Gasteiger partial charge >= 0.3 is 6.03 Å². The minimum atomic E-state index is -0.702. The normalized spacial score (nSPS) is 21.0. The van der Waals surface area contributed by atoms with E-state index in [4.69, 9.17) is 0 Å². The first-order valence-electron chi connectivity index (χ1n) is 8.09. The third-order valence-electron chi connectivity index (χ3n) is 4.38. The zero-order valence-electron chi connectivity index (χ0n) is 14.5. The minimum absolute atomic E-state index is 0.234. The Balaban J connectivity index is 1.62. The zero-order valence-corrected chi connectivity index (χ0v) is 14.5. The van der Waals surface area contributed by atoms with Crippen molar-refractivity contribution in [3.8, 4) is 0 Å². The number of imide groups is 1. The number of nitrogens with one attached hydrogen (secondary N) is 1. The number of aryl methyl sites for hydroxylation is 1. The summed E-state index contributed by atoms with van der Waals surface area (Å²) in [6.07, 6.45) is 0.809. The number of β-amino-alcohol motifs (C(OH)–C–C–N with tert-alkyl or cyclic N) is 1. The summed E-state index contributed by atoms with van der Waals surface area (Å²) < 4.78 is 1.67. The molecule has 1 saturated heterocycles. The number of carbonyl (C=O) groups is 2. The Kier molecular flexibility index (Phi) is 4.54. The van der Waals surface area contributed by atoms with Gasteiger partial charge in [-0.05, 0) is 29.6 Å². The van der Waals surface area contributed by atoms with E-state index in [1.54, 1.807) is 11.6 Å². The smallest absolute Gasteiger partial charge is 0.333 e. The molecule has 132 valence electrons. The van der Waals surface area contributed by atoms with Crippen molar-refractivity contribution in [3.05, 3.63) is 29.8 Å². The number of nitrogens with zero attached hydrogens (tertiary/aromatic N) is 4. The SMILES string of the molecule is Cc1cccc(NCC(O)C[N+]2=CN=C3C2C(=O)N(C)C(=O)N3C)c1. The highest BCUT2D eigenvalue weighted by atomic mass is 16.3. The van der Waals surface area contributed by atoms with E-state index in [1.807, 2.05) is 31.2 Å². The van der Waals surface area contributed by atoms with Gasteiger partial charge in [-0.25, -0.2) is 9.37 Å². The lowest BCUT2D eigenvalue weighted by atomic mass is 10.1. The molecule has 25 heavy (non-hydrogen) atoms. The fourth-order valence-electron chi connectivity index (χ4n) is 2.99. The van der Waals surface area contributed by atoms with Crippen molar-refractivity contribution in [2.75, 3.05) is 32.5 Å². The lowest BCUT2D eigenvalue weighted by Crippen LogP contribution is -2.62. The molecule has 1 fully saturated rings. The Morgan fingerprint density at radius 3 is 2.80 bits per heavy atom. The van der Waals surface area contributed by atoms with Gasteiger partial charge in [-0.2, -0.15) is 0 Å². The van der Waals surface area contributed by atoms with Crippen LogP contribution in [0, 0.1) is 6.92 Å². The van der Waals surface area contributed by atoms with Crippen molar-refractivity contribution in [2.24, 2.45) is 4.99 Å². The van der Waals surface area contributed by atoms with Gasteiger partial charge in [0.25, 0.3) is 24.1 Å². The molecule has 0 bridgehead atoms. The summed E-state index contributed by atoms with van der Waals surface area (Å²) in [5, 5.41) is 13.5. The van der Waals surface area contributed by atoms with Crippen molar-refractivity contribution in [3.63, 3.8) is 0 Å². The number of urea groups is 1. The second kappa shape index (κ2) is 6.64. The number of fused-ring (bicyclic) bond motifs is 1. The molecule has 2 unspecified atom stereocenters. The van der Waals surface area contributed by atoms with Crippen LogP contribution in [0.15, 0.2) is 29.3 Å². The molecule has 0 radical (unpaired) electrons. The number of hydrogen-bond donors (Lipinski definition) is 2. The number of amides is 3. The molecule has 2 N–H and O–H groups in total. The van der Waals surface area contributed by atoms with Crippen LogP contribution >= 0.6 is 0 Å². The van der Waals surface area contributed by atoms with E-state index < -0.39 is 18.2 Å². The molecule has 0 spiro atoms. The van der Waals surface area contributed by atoms with Crippen molar-refractivity contribution < 1.29 is 19.3 Å². The van der Waals surface area contributed by atoms with E-state index in [1.165, 1.54) is 18.3 Å². The monoisotopic (exact) mass is 344 g/mol. The maximum absolute atomic E-state index is 12.4. The minimum Gasteiger partial charge on any atom is -0.387 e. The molecule has 1 aromatic rings. The summed E-state index contributed by atoms with van der Waals surface area (Å²) in [5.74, 6) is 0.0568. The molecule has 0 aromatic heterocycles. The van der Waals surface area contributed by atoms with Crippen LogP contribution in [0.5, 0.6) is 0 Å². The standard InChI is InChI=1S/C17H22N5O3/c1-11-5-4-6-12(7-11)18-8-13(23)9-22-10-19-15-14(22)16(24)21(3)17(25)20(15)2/h4-7,10,13-14,18,23H,8-9H2,1-3H3/q+1. The number of anilines is 1. The largest absolute Gasteiger partial charge is 0.387 e. The molecule has 2 heterocycles. The molecule has 8 heteroatoms. The number of likely N-dealkylation sites (N-methyl/N-ethyl adjacent to an activating group) is 2. The Bertz CT molecular complexity index is 773. The second-order valence-electron chi connectivity index (χ2n) is 6.35. The fourth-order valence-corrected chi connectivity index (χ4v) is 2.99. The molecule has 3 rings (SSSR count). The third kappa shape index (κ3) is 3.25. The van der Waals surface area contributed by atoms with Gasteiger partial charge in [-0.1, -0.05) is 12.1 Å². The predicted molar refractivity (Wildman–Crippen MR) is 94.0 cm³/mol. The maximum atomic E-state index is 12.4. The first kappa shape index (κ1) is 17.1. The molecule has 0 aliphatic carbocycles. The first-order chi connectivity index (χ1) is 11.9. The second-order valence-corrected chi connectivity index (χ2v) is 6.35. The van der Waals surface area contributed by atoms with Crippen LogP contribution < -0.4 is 5.32 Å². The van der Waals surface area contributed by atoms with E-state index in [-0.39, 0.29) is 12.5 Å². The quantitative estimate of drug-likeness (QED) is 0.743. The van der Waals surface area contributed by atoms with Gasteiger partial charge in [0.15, 0.2) is 0 Å². The van der Waals surface area contributed by atoms with Crippen LogP contribution in [0.4, 0.5) is 10.5 Å². The number of hydrogen-bond acceptors (Lipinski definition) is 5. The molecule has 2 aliphatic heterocycles. The number of aliphatic hydroxyl groups is 1. The van der Waals surface area contributed by atoms with Gasteiger partial charge in [0.05, 0.1) is 0 Å². The van der Waals surface area contributed by atoms with Crippen LogP contribution in [0.3, 0.4) is 0 Å². The summed E-state index contributed by atoms with van der Waals surface area (Å²) in [7, 11) is 3.04. The number of rotatable bonds is 5. The molecule has 2 atom stereocenters. The van der Waals surface area contributed by atoms with Crippen LogP contribution in [0.2, 0.25) is 0 Å². The van der Waals surface area contributed by atoms with E-state index >= 15 is 0 Å². The summed E-state index contributed by atoms with van der Waals surface area (Å²) in [4.78, 5) is 31.0. The van der Waals surface area contributed by atoms with Crippen molar-refractivity contribution in [1.82, 2.24) is 9.80 Å². The number of benzene rings is 1. The van der Waals surface area contributed by atoms with Crippen molar-refractivity contribution in [1.29, 1.82) is 0 Å². The van der Waals surface area contributed by atoms with Crippen LogP contribution in [-0.4, -0.2) is 82.9 Å². The van der Waals surface area contributed by atoms with Crippen molar-refractivity contribution >= 4 is 29.8 Å². The Labute approximate surface area is 146 Å². The number of amidine groups is 1. The molecular formula is C17H22N5O3+. The third-order valence-corrected chi connectivity index (χ3v) is 4.38.